The van der Waals surface area contributed by atoms with Crippen LogP contribution in [0.3, 0.4) is 0 Å². The molecule has 2 N–H and O–H groups in total. The molecule has 9 nitrogen and oxygen atoms in total. The second-order valence-corrected chi connectivity index (χ2v) is 13.0. The van der Waals surface area contributed by atoms with E-state index in [9.17, 15) is 19.2 Å². The Balaban J connectivity index is 1.22. The topological polar surface area (TPSA) is 118 Å². The second kappa shape index (κ2) is 9.52. The van der Waals surface area contributed by atoms with Gasteiger partial charge in [-0.2, -0.15) is 0 Å². The highest BCUT2D eigenvalue weighted by Crippen LogP contribution is 2.68. The fourth-order valence-electron chi connectivity index (χ4n) is 7.52. The number of benzene rings is 2. The molecule has 0 spiro atoms. The number of imide groups is 1. The summed E-state index contributed by atoms with van der Waals surface area (Å²) in [6, 6.07) is 14.8. The number of carbonyl (C=O) groups excluding carboxylic acids is 3. The molecular formula is C29H27N3O6S2. The van der Waals surface area contributed by atoms with Crippen LogP contribution in [0.25, 0.3) is 0 Å². The average molecular weight is 578 g/mol. The van der Waals surface area contributed by atoms with Crippen LogP contribution in [0.15, 0.2) is 58.4 Å². The van der Waals surface area contributed by atoms with E-state index in [4.69, 9.17) is 9.47 Å². The molecule has 0 radical (unpaired) electrons. The summed E-state index contributed by atoms with van der Waals surface area (Å²) in [5, 5.41) is 3.69. The molecule has 3 amide bonds. The van der Waals surface area contributed by atoms with Crippen molar-refractivity contribution in [2.45, 2.75) is 22.6 Å². The Morgan fingerprint density at radius 3 is 2.45 bits per heavy atom. The van der Waals surface area contributed by atoms with Gasteiger partial charge in [-0.3, -0.25) is 24.1 Å². The van der Waals surface area contributed by atoms with Crippen molar-refractivity contribution < 1.29 is 23.9 Å². The molecule has 3 aromatic rings. The first-order valence-corrected chi connectivity index (χ1v) is 14.9. The summed E-state index contributed by atoms with van der Waals surface area (Å²) in [6.45, 7) is -0.290. The van der Waals surface area contributed by atoms with E-state index in [1.807, 2.05) is 36.4 Å². The van der Waals surface area contributed by atoms with Crippen molar-refractivity contribution in [1.29, 1.82) is 0 Å². The van der Waals surface area contributed by atoms with E-state index in [0.29, 0.717) is 17.2 Å². The fraction of sp³-hybridized carbons (Fsp3) is 0.379. The predicted molar refractivity (Wildman–Crippen MR) is 150 cm³/mol. The number of H-pyrrole nitrogens is 1. The number of likely N-dealkylation sites (tertiary alicyclic amines) is 1. The van der Waals surface area contributed by atoms with Crippen LogP contribution in [0.1, 0.15) is 22.8 Å². The number of amides is 3. The molecule has 2 aliphatic heterocycles. The number of ether oxygens (including phenoxy) is 2. The molecule has 1 aromatic heterocycles. The molecule has 2 saturated carbocycles. The van der Waals surface area contributed by atoms with Crippen molar-refractivity contribution in [2.75, 3.05) is 26.1 Å². The minimum atomic E-state index is -0.455. The predicted octanol–water partition coefficient (Wildman–Crippen LogP) is 3.57. The van der Waals surface area contributed by atoms with Crippen LogP contribution in [0, 0.1) is 29.6 Å². The van der Waals surface area contributed by atoms with Crippen LogP contribution in [-0.2, 0) is 14.4 Å². The minimum absolute atomic E-state index is 0.0113. The summed E-state index contributed by atoms with van der Waals surface area (Å²) in [5.74, 6) is -0.690. The summed E-state index contributed by atoms with van der Waals surface area (Å²) in [4.78, 5) is 57.7. The summed E-state index contributed by atoms with van der Waals surface area (Å²) >= 11 is 2.84. The minimum Gasteiger partial charge on any atom is -0.493 e. The first-order valence-electron chi connectivity index (χ1n) is 13.2. The number of fused-ring (bicyclic) bond motifs is 9. The van der Waals surface area contributed by atoms with E-state index < -0.39 is 17.7 Å². The normalized spacial score (nSPS) is 29.6. The van der Waals surface area contributed by atoms with Gasteiger partial charge in [0.15, 0.2) is 11.5 Å². The monoisotopic (exact) mass is 577 g/mol. The van der Waals surface area contributed by atoms with E-state index in [0.717, 1.165) is 26.8 Å². The van der Waals surface area contributed by atoms with Gasteiger partial charge >= 0.3 is 4.87 Å². The lowest BCUT2D eigenvalue weighted by atomic mass is 9.68. The molecule has 3 fully saturated rings. The van der Waals surface area contributed by atoms with Gasteiger partial charge in [-0.1, -0.05) is 35.6 Å². The number of thiazole rings is 1. The van der Waals surface area contributed by atoms with E-state index >= 15 is 0 Å². The molecule has 206 valence electrons. The Morgan fingerprint density at radius 2 is 1.73 bits per heavy atom. The van der Waals surface area contributed by atoms with E-state index in [2.05, 4.69) is 10.3 Å². The Hall–Kier alpha value is -3.57. The van der Waals surface area contributed by atoms with Crippen LogP contribution in [0.4, 0.5) is 5.69 Å². The Kier molecular flexibility index (Phi) is 6.04. The van der Waals surface area contributed by atoms with E-state index in [1.54, 1.807) is 38.1 Å². The molecule has 40 heavy (non-hydrogen) atoms. The lowest BCUT2D eigenvalue weighted by Gasteiger charge is -2.43. The quantitative estimate of drug-likeness (QED) is 0.430. The number of carbonyl (C=O) groups is 3. The van der Waals surface area contributed by atoms with Gasteiger partial charge in [0.2, 0.25) is 17.7 Å². The Labute approximate surface area is 238 Å². The number of nitrogens with one attached hydrogen (secondary N) is 2. The number of hydrogen-bond donors (Lipinski definition) is 2. The molecule has 0 unspecified atom stereocenters. The fourth-order valence-corrected chi connectivity index (χ4v) is 10.4. The van der Waals surface area contributed by atoms with E-state index in [1.165, 1.54) is 11.3 Å². The number of thioether (sulfide) groups is 1. The zero-order valence-corrected chi connectivity index (χ0v) is 23.4. The van der Waals surface area contributed by atoms with Crippen molar-refractivity contribution in [1.82, 2.24) is 9.88 Å². The number of nitrogens with zero attached hydrogens (tertiary/aromatic N) is 1. The third-order valence-electron chi connectivity index (χ3n) is 8.94. The maximum absolute atomic E-state index is 13.8. The highest BCUT2D eigenvalue weighted by molar-refractivity contribution is 8.00. The van der Waals surface area contributed by atoms with Crippen LogP contribution < -0.4 is 19.7 Å². The van der Waals surface area contributed by atoms with Gasteiger partial charge in [0, 0.05) is 21.7 Å². The first-order chi connectivity index (χ1) is 19.4. The lowest BCUT2D eigenvalue weighted by Crippen LogP contribution is -2.42. The number of hydrogen-bond acceptors (Lipinski definition) is 8. The lowest BCUT2D eigenvalue weighted by molar-refractivity contribution is -0.143. The zero-order chi connectivity index (χ0) is 27.7. The zero-order valence-electron chi connectivity index (χ0n) is 21.8. The molecule has 2 aliphatic carbocycles. The van der Waals surface area contributed by atoms with Crippen molar-refractivity contribution in [2.24, 2.45) is 29.6 Å². The number of methoxy groups -OCH3 is 2. The molecule has 3 heterocycles. The molecule has 1 saturated heterocycles. The van der Waals surface area contributed by atoms with Gasteiger partial charge in [0.25, 0.3) is 0 Å². The molecule has 7 rings (SSSR count). The number of aromatic amines is 1. The Bertz CT molecular complexity index is 1590. The highest BCUT2D eigenvalue weighted by atomic mass is 32.2. The van der Waals surface area contributed by atoms with Gasteiger partial charge in [-0.25, -0.2) is 0 Å². The molecule has 2 aromatic carbocycles. The van der Waals surface area contributed by atoms with Crippen molar-refractivity contribution in [3.8, 4) is 11.5 Å². The standard InChI is InChI=1S/C29H27N3O6S2/c1-37-17-9-8-13(10-18(17)38-2)20-21-15-11-16(24(21)39-26-25(20)40-29(36)31-26)23-22(15)27(34)32(28(23)35)12-19(33)30-14-6-4-3-5-7-14/h3-10,15-16,20-24H,11-12H2,1-2H3,(H,30,33)(H,31,36)/t15-,16+,20+,21-,22+,23-,24-/m1/s1. The van der Waals surface area contributed by atoms with Gasteiger partial charge in [0.1, 0.15) is 6.54 Å². The van der Waals surface area contributed by atoms with Crippen molar-refractivity contribution >= 4 is 46.5 Å². The maximum atomic E-state index is 13.8. The number of rotatable bonds is 6. The summed E-state index contributed by atoms with van der Waals surface area (Å²) < 4.78 is 11.0. The molecular weight excluding hydrogens is 550 g/mol. The Morgan fingerprint density at radius 1 is 1.00 bits per heavy atom. The summed E-state index contributed by atoms with van der Waals surface area (Å²) in [5.41, 5.74) is 1.61. The van der Waals surface area contributed by atoms with Gasteiger partial charge in [-0.15, -0.1) is 11.8 Å². The van der Waals surface area contributed by atoms with Gasteiger partial charge < -0.3 is 19.8 Å². The third-order valence-corrected chi connectivity index (χ3v) is 11.5. The summed E-state index contributed by atoms with van der Waals surface area (Å²) in [7, 11) is 3.18. The van der Waals surface area contributed by atoms with E-state index in [-0.39, 0.29) is 52.2 Å². The van der Waals surface area contributed by atoms with Crippen LogP contribution in [0.5, 0.6) is 11.5 Å². The largest absolute Gasteiger partial charge is 0.493 e. The van der Waals surface area contributed by atoms with Gasteiger partial charge in [-0.05, 0) is 54.0 Å². The molecule has 7 atom stereocenters. The molecule has 11 heteroatoms. The summed E-state index contributed by atoms with van der Waals surface area (Å²) in [6.07, 6.45) is 0.780. The second-order valence-electron chi connectivity index (χ2n) is 10.8. The van der Waals surface area contributed by atoms with Gasteiger partial charge in [0.05, 0.1) is 31.1 Å². The van der Waals surface area contributed by atoms with Crippen LogP contribution >= 0.6 is 23.1 Å². The maximum Gasteiger partial charge on any atom is 0.305 e. The van der Waals surface area contributed by atoms with Crippen LogP contribution in [0.2, 0.25) is 0 Å². The third kappa shape index (κ3) is 3.74. The molecule has 4 aliphatic rings. The number of aromatic nitrogens is 1. The molecule has 2 bridgehead atoms. The number of para-hydroxylation sites is 1. The number of anilines is 1. The smallest absolute Gasteiger partial charge is 0.305 e. The first kappa shape index (κ1) is 25.4. The van der Waals surface area contributed by atoms with Crippen molar-refractivity contribution in [3.63, 3.8) is 0 Å². The highest BCUT2D eigenvalue weighted by Gasteiger charge is 2.69. The average Bonchev–Trinajstić information content (AvgIpc) is 3.69. The van der Waals surface area contributed by atoms with Crippen LogP contribution in [-0.4, -0.2) is 53.6 Å². The van der Waals surface area contributed by atoms with Crippen molar-refractivity contribution in [3.05, 3.63) is 68.6 Å². The SMILES string of the molecule is COc1ccc([C@@H]2c3sc(=O)[nH]c3S[C@@H]3[C@H]4C[C@@H]([C@@H]5C(=O)N(CC(=O)Nc6ccccc6)C(=O)[C@H]45)[C@H]23)cc1OC.